The Bertz CT molecular complexity index is 71.7. The smallest absolute Gasteiger partial charge is 0.0704 e. The number of hydrogen-bond acceptors (Lipinski definition) is 2. The van der Waals surface area contributed by atoms with Crippen LogP contribution in [0.2, 0.25) is 0 Å². The predicted octanol–water partition coefficient (Wildman–Crippen LogP) is 1.62. The third-order valence-electron chi connectivity index (χ3n) is 0.956. The van der Waals surface area contributed by atoms with Gasteiger partial charge < -0.3 is 9.47 Å². The first-order valence-corrected chi connectivity index (χ1v) is 3.68. The SMILES string of the molecule is C=CCOCCOCCC. The third kappa shape index (κ3) is 7.66. The van der Waals surface area contributed by atoms with E-state index < -0.39 is 0 Å². The normalized spacial score (nSPS) is 9.70. The molecule has 0 fully saturated rings. The fraction of sp³-hybridized carbons (Fsp3) is 0.750. The fourth-order valence-electron chi connectivity index (χ4n) is 0.531. The lowest BCUT2D eigenvalue weighted by Gasteiger charge is -2.01. The molecule has 0 rings (SSSR count). The van der Waals surface area contributed by atoms with Crippen molar-refractivity contribution in [1.29, 1.82) is 0 Å². The molecule has 0 saturated heterocycles. The van der Waals surface area contributed by atoms with E-state index in [9.17, 15) is 0 Å². The van der Waals surface area contributed by atoms with E-state index in [1.807, 2.05) is 0 Å². The molecule has 0 aliphatic carbocycles. The Morgan fingerprint density at radius 3 is 2.50 bits per heavy atom. The van der Waals surface area contributed by atoms with Crippen molar-refractivity contribution in [2.75, 3.05) is 26.4 Å². The highest BCUT2D eigenvalue weighted by molar-refractivity contribution is 4.63. The van der Waals surface area contributed by atoms with E-state index in [1.54, 1.807) is 6.08 Å². The standard InChI is InChI=1S/C8H16O2/c1-3-5-9-7-8-10-6-4-2/h3H,1,4-8H2,2H3. The molecule has 0 aromatic heterocycles. The van der Waals surface area contributed by atoms with E-state index in [4.69, 9.17) is 9.47 Å². The van der Waals surface area contributed by atoms with Crippen LogP contribution in [-0.4, -0.2) is 26.4 Å². The second-order valence-corrected chi connectivity index (χ2v) is 1.98. The summed E-state index contributed by atoms with van der Waals surface area (Å²) in [6.45, 7) is 8.44. The number of rotatable bonds is 7. The monoisotopic (exact) mass is 144 g/mol. The quantitative estimate of drug-likeness (QED) is 0.399. The van der Waals surface area contributed by atoms with Gasteiger partial charge in [-0.15, -0.1) is 6.58 Å². The molecule has 0 aromatic rings. The van der Waals surface area contributed by atoms with Gasteiger partial charge in [-0.1, -0.05) is 13.0 Å². The molecule has 10 heavy (non-hydrogen) atoms. The van der Waals surface area contributed by atoms with Crippen LogP contribution in [0.5, 0.6) is 0 Å². The van der Waals surface area contributed by atoms with Crippen molar-refractivity contribution in [2.24, 2.45) is 0 Å². The molecule has 0 radical (unpaired) electrons. The second kappa shape index (κ2) is 8.66. The summed E-state index contributed by atoms with van der Waals surface area (Å²) in [5.74, 6) is 0. The van der Waals surface area contributed by atoms with Crippen LogP contribution in [0, 0.1) is 0 Å². The third-order valence-corrected chi connectivity index (χ3v) is 0.956. The summed E-state index contributed by atoms with van der Waals surface area (Å²) >= 11 is 0. The van der Waals surface area contributed by atoms with Gasteiger partial charge in [0.15, 0.2) is 0 Å². The molecule has 0 N–H and O–H groups in total. The van der Waals surface area contributed by atoms with Crippen molar-refractivity contribution in [1.82, 2.24) is 0 Å². The van der Waals surface area contributed by atoms with E-state index in [0.29, 0.717) is 19.8 Å². The topological polar surface area (TPSA) is 18.5 Å². The molecule has 2 heteroatoms. The molecule has 0 heterocycles. The summed E-state index contributed by atoms with van der Waals surface area (Å²) < 4.78 is 10.3. The van der Waals surface area contributed by atoms with Gasteiger partial charge in [-0.2, -0.15) is 0 Å². The zero-order chi connectivity index (χ0) is 7.66. The van der Waals surface area contributed by atoms with Gasteiger partial charge in [-0.05, 0) is 6.42 Å². The summed E-state index contributed by atoms with van der Waals surface area (Å²) in [6, 6.07) is 0. The maximum absolute atomic E-state index is 5.17. The van der Waals surface area contributed by atoms with Crippen LogP contribution in [-0.2, 0) is 9.47 Å². The van der Waals surface area contributed by atoms with Crippen LogP contribution < -0.4 is 0 Å². The van der Waals surface area contributed by atoms with Crippen LogP contribution in [0.3, 0.4) is 0 Å². The Balaban J connectivity index is 2.70. The zero-order valence-electron chi connectivity index (χ0n) is 6.64. The Kier molecular flexibility index (Phi) is 8.37. The van der Waals surface area contributed by atoms with Gasteiger partial charge in [0.1, 0.15) is 0 Å². The fourth-order valence-corrected chi connectivity index (χ4v) is 0.531. The van der Waals surface area contributed by atoms with Gasteiger partial charge in [0, 0.05) is 6.61 Å². The van der Waals surface area contributed by atoms with Crippen LogP contribution in [0.4, 0.5) is 0 Å². The van der Waals surface area contributed by atoms with Crippen molar-refractivity contribution < 1.29 is 9.47 Å². The molecule has 0 spiro atoms. The minimum atomic E-state index is 0.621. The maximum atomic E-state index is 5.17. The van der Waals surface area contributed by atoms with Crippen molar-refractivity contribution in [3.05, 3.63) is 12.7 Å². The molecule has 0 saturated carbocycles. The molecule has 0 atom stereocenters. The predicted molar refractivity (Wildman–Crippen MR) is 42.1 cm³/mol. The highest BCUT2D eigenvalue weighted by atomic mass is 16.5. The summed E-state index contributed by atoms with van der Waals surface area (Å²) in [6.07, 6.45) is 2.81. The van der Waals surface area contributed by atoms with Gasteiger partial charge >= 0.3 is 0 Å². The lowest BCUT2D eigenvalue weighted by atomic mass is 10.5. The molecule has 60 valence electrons. The minimum Gasteiger partial charge on any atom is -0.379 e. The van der Waals surface area contributed by atoms with E-state index in [-0.39, 0.29) is 0 Å². The Hall–Kier alpha value is -0.340. The number of hydrogen-bond donors (Lipinski definition) is 0. The molecule has 0 bridgehead atoms. The average Bonchev–Trinajstić information content (AvgIpc) is 1.97. The van der Waals surface area contributed by atoms with Gasteiger partial charge in [-0.25, -0.2) is 0 Å². The Labute approximate surface area is 62.8 Å². The van der Waals surface area contributed by atoms with E-state index in [2.05, 4.69) is 13.5 Å². The summed E-state index contributed by atoms with van der Waals surface area (Å²) in [7, 11) is 0. The van der Waals surface area contributed by atoms with Crippen molar-refractivity contribution in [2.45, 2.75) is 13.3 Å². The molecule has 0 unspecified atom stereocenters. The van der Waals surface area contributed by atoms with Gasteiger partial charge in [0.2, 0.25) is 0 Å². The zero-order valence-corrected chi connectivity index (χ0v) is 6.64. The number of ether oxygens (including phenoxy) is 2. The minimum absolute atomic E-state index is 0.621. The first-order chi connectivity index (χ1) is 4.91. The van der Waals surface area contributed by atoms with Crippen molar-refractivity contribution in [3.8, 4) is 0 Å². The molecule has 0 aliphatic heterocycles. The molecular formula is C8H16O2. The largest absolute Gasteiger partial charge is 0.379 e. The highest BCUT2D eigenvalue weighted by Gasteiger charge is 1.84. The summed E-state index contributed by atoms with van der Waals surface area (Å²) in [5.41, 5.74) is 0. The first-order valence-electron chi connectivity index (χ1n) is 3.68. The highest BCUT2D eigenvalue weighted by Crippen LogP contribution is 1.81. The first kappa shape index (κ1) is 9.66. The maximum Gasteiger partial charge on any atom is 0.0704 e. The molecule has 0 aromatic carbocycles. The van der Waals surface area contributed by atoms with E-state index >= 15 is 0 Å². The molecule has 2 nitrogen and oxygen atoms in total. The molecular weight excluding hydrogens is 128 g/mol. The molecule has 0 aliphatic rings. The van der Waals surface area contributed by atoms with E-state index in [1.165, 1.54) is 0 Å². The molecule has 0 amide bonds. The van der Waals surface area contributed by atoms with Crippen LogP contribution in [0.1, 0.15) is 13.3 Å². The van der Waals surface area contributed by atoms with Gasteiger partial charge in [0.05, 0.1) is 19.8 Å². The van der Waals surface area contributed by atoms with Gasteiger partial charge in [0.25, 0.3) is 0 Å². The second-order valence-electron chi connectivity index (χ2n) is 1.98. The average molecular weight is 144 g/mol. The Morgan fingerprint density at radius 1 is 1.20 bits per heavy atom. The van der Waals surface area contributed by atoms with Crippen LogP contribution in [0.15, 0.2) is 12.7 Å². The van der Waals surface area contributed by atoms with Crippen LogP contribution in [0.25, 0.3) is 0 Å². The van der Waals surface area contributed by atoms with Crippen molar-refractivity contribution in [3.63, 3.8) is 0 Å². The summed E-state index contributed by atoms with van der Waals surface area (Å²) in [4.78, 5) is 0. The van der Waals surface area contributed by atoms with E-state index in [0.717, 1.165) is 13.0 Å². The lowest BCUT2D eigenvalue weighted by Crippen LogP contribution is -2.04. The van der Waals surface area contributed by atoms with Gasteiger partial charge in [-0.3, -0.25) is 0 Å². The Morgan fingerprint density at radius 2 is 1.90 bits per heavy atom. The lowest BCUT2D eigenvalue weighted by molar-refractivity contribution is 0.0588. The van der Waals surface area contributed by atoms with Crippen LogP contribution >= 0.6 is 0 Å². The summed E-state index contributed by atoms with van der Waals surface area (Å²) in [5, 5.41) is 0. The van der Waals surface area contributed by atoms with Crippen molar-refractivity contribution >= 4 is 0 Å².